The molecule has 1 aromatic rings. The number of amides is 1. The van der Waals surface area contributed by atoms with Crippen LogP contribution < -0.4 is 0 Å². The van der Waals surface area contributed by atoms with Crippen molar-refractivity contribution in [3.8, 4) is 0 Å². The van der Waals surface area contributed by atoms with Crippen LogP contribution in [0.3, 0.4) is 0 Å². The lowest BCUT2D eigenvalue weighted by atomic mass is 9.97. The van der Waals surface area contributed by atoms with Gasteiger partial charge in [0.2, 0.25) is 0 Å². The van der Waals surface area contributed by atoms with E-state index in [1.54, 1.807) is 6.92 Å². The smallest absolute Gasteiger partial charge is 0.359 e. The topological polar surface area (TPSA) is 72.4 Å². The van der Waals surface area contributed by atoms with Gasteiger partial charge < -0.3 is 9.64 Å². The number of rotatable bonds is 3. The van der Waals surface area contributed by atoms with Gasteiger partial charge in [0.15, 0.2) is 12.3 Å². The van der Waals surface area contributed by atoms with E-state index in [0.717, 1.165) is 25.0 Å². The van der Waals surface area contributed by atoms with Crippen LogP contribution >= 0.6 is 0 Å². The monoisotopic (exact) mass is 291 g/mol. The average molecular weight is 291 g/mol. The van der Waals surface area contributed by atoms with Crippen LogP contribution in [0.5, 0.6) is 0 Å². The summed E-state index contributed by atoms with van der Waals surface area (Å²) in [6.07, 6.45) is 5.97. The highest BCUT2D eigenvalue weighted by Crippen LogP contribution is 2.22. The van der Waals surface area contributed by atoms with Crippen LogP contribution in [0.2, 0.25) is 0 Å². The minimum atomic E-state index is -0.617. The van der Waals surface area contributed by atoms with E-state index in [-0.39, 0.29) is 30.3 Å². The molecule has 0 bridgehead atoms. The molecule has 2 atom stereocenters. The molecule has 0 spiro atoms. The summed E-state index contributed by atoms with van der Waals surface area (Å²) in [6, 6.07) is 0.387. The van der Waals surface area contributed by atoms with Gasteiger partial charge in [-0.15, -0.1) is 0 Å². The van der Waals surface area contributed by atoms with Crippen LogP contribution in [0.1, 0.15) is 49.3 Å². The average Bonchev–Trinajstić information content (AvgIpc) is 2.45. The molecule has 0 aromatic carbocycles. The zero-order valence-electron chi connectivity index (χ0n) is 12.7. The Bertz CT molecular complexity index is 505. The predicted octanol–water partition coefficient (Wildman–Crippen LogP) is 1.73. The highest BCUT2D eigenvalue weighted by atomic mass is 16.5. The maximum absolute atomic E-state index is 12.2. The first kappa shape index (κ1) is 15.4. The number of likely N-dealkylation sites (tertiary alicyclic amines) is 1. The third-order valence-electron chi connectivity index (χ3n) is 3.80. The summed E-state index contributed by atoms with van der Waals surface area (Å²) < 4.78 is 5.05. The maximum Gasteiger partial charge on any atom is 0.359 e. The standard InChI is InChI=1S/C15H21N3O3/c1-10-7-17-13(8-16-10)15(20)21-9-14(19)18-11(2)5-4-6-12(18)3/h7-8,11-12H,4-6,9H2,1-3H3/t11-,12-/m0/s1. The number of aryl methyl sites for hydroxylation is 1. The van der Waals surface area contributed by atoms with Crippen molar-refractivity contribution in [3.63, 3.8) is 0 Å². The Balaban J connectivity index is 1.91. The minimum absolute atomic E-state index is 0.119. The Morgan fingerprint density at radius 2 is 1.90 bits per heavy atom. The van der Waals surface area contributed by atoms with Crippen molar-refractivity contribution in [1.29, 1.82) is 0 Å². The molecule has 2 rings (SSSR count). The Morgan fingerprint density at radius 3 is 2.48 bits per heavy atom. The van der Waals surface area contributed by atoms with E-state index in [2.05, 4.69) is 9.97 Å². The number of esters is 1. The first-order chi connectivity index (χ1) is 9.99. The summed E-state index contributed by atoms with van der Waals surface area (Å²) in [5.41, 5.74) is 0.840. The van der Waals surface area contributed by atoms with Gasteiger partial charge in [0, 0.05) is 18.3 Å². The van der Waals surface area contributed by atoms with E-state index in [1.165, 1.54) is 12.4 Å². The summed E-state index contributed by atoms with van der Waals surface area (Å²) in [5, 5.41) is 0. The number of hydrogen-bond donors (Lipinski definition) is 0. The van der Waals surface area contributed by atoms with Crippen LogP contribution in [-0.2, 0) is 9.53 Å². The lowest BCUT2D eigenvalue weighted by molar-refractivity contribution is -0.140. The molecular weight excluding hydrogens is 270 g/mol. The largest absolute Gasteiger partial charge is 0.451 e. The molecule has 1 aliphatic rings. The van der Waals surface area contributed by atoms with Gasteiger partial charge in [0.05, 0.1) is 11.9 Å². The van der Waals surface area contributed by atoms with E-state index >= 15 is 0 Å². The van der Waals surface area contributed by atoms with Crippen LogP contribution in [0.15, 0.2) is 12.4 Å². The molecule has 1 amide bonds. The van der Waals surface area contributed by atoms with Crippen molar-refractivity contribution >= 4 is 11.9 Å². The molecule has 2 heterocycles. The Kier molecular flexibility index (Phi) is 4.88. The van der Waals surface area contributed by atoms with Crippen LogP contribution in [0.4, 0.5) is 0 Å². The number of carbonyl (C=O) groups is 2. The fraction of sp³-hybridized carbons (Fsp3) is 0.600. The van der Waals surface area contributed by atoms with Gasteiger partial charge in [0.25, 0.3) is 5.91 Å². The van der Waals surface area contributed by atoms with Crippen molar-refractivity contribution < 1.29 is 14.3 Å². The normalized spacial score (nSPS) is 22.0. The van der Waals surface area contributed by atoms with E-state index in [1.807, 2.05) is 18.7 Å². The fourth-order valence-electron chi connectivity index (χ4n) is 2.69. The van der Waals surface area contributed by atoms with Gasteiger partial charge in [-0.25, -0.2) is 9.78 Å². The van der Waals surface area contributed by atoms with Gasteiger partial charge in [0.1, 0.15) is 0 Å². The van der Waals surface area contributed by atoms with E-state index in [4.69, 9.17) is 4.74 Å². The molecule has 0 unspecified atom stereocenters. The van der Waals surface area contributed by atoms with Crippen LogP contribution in [0.25, 0.3) is 0 Å². The molecule has 21 heavy (non-hydrogen) atoms. The van der Waals surface area contributed by atoms with Crippen molar-refractivity contribution in [2.45, 2.75) is 52.1 Å². The Hall–Kier alpha value is -1.98. The zero-order chi connectivity index (χ0) is 15.4. The number of carbonyl (C=O) groups excluding carboxylic acids is 2. The maximum atomic E-state index is 12.2. The number of hydrogen-bond acceptors (Lipinski definition) is 5. The highest BCUT2D eigenvalue weighted by molar-refractivity contribution is 5.89. The Labute approximate surface area is 124 Å². The van der Waals surface area contributed by atoms with E-state index in [9.17, 15) is 9.59 Å². The second-order valence-electron chi connectivity index (χ2n) is 5.55. The van der Waals surface area contributed by atoms with Gasteiger partial charge in [-0.3, -0.25) is 9.78 Å². The SMILES string of the molecule is Cc1cnc(C(=O)OCC(=O)N2[C@@H](C)CCC[C@@H]2C)cn1. The van der Waals surface area contributed by atoms with E-state index in [0.29, 0.717) is 0 Å². The molecule has 1 aromatic heterocycles. The molecule has 0 saturated carbocycles. The second kappa shape index (κ2) is 6.65. The quantitative estimate of drug-likeness (QED) is 0.793. The predicted molar refractivity (Wildman–Crippen MR) is 76.7 cm³/mol. The van der Waals surface area contributed by atoms with Gasteiger partial charge in [-0.05, 0) is 40.0 Å². The molecule has 0 radical (unpaired) electrons. The molecule has 114 valence electrons. The first-order valence-corrected chi connectivity index (χ1v) is 7.26. The minimum Gasteiger partial charge on any atom is -0.451 e. The number of aromatic nitrogens is 2. The molecule has 6 heteroatoms. The van der Waals surface area contributed by atoms with Crippen LogP contribution in [-0.4, -0.2) is 45.4 Å². The lowest BCUT2D eigenvalue weighted by Gasteiger charge is -2.38. The molecule has 0 aliphatic carbocycles. The molecule has 6 nitrogen and oxygen atoms in total. The summed E-state index contributed by atoms with van der Waals surface area (Å²) in [4.78, 5) is 33.8. The lowest BCUT2D eigenvalue weighted by Crippen LogP contribution is -2.49. The summed E-state index contributed by atoms with van der Waals surface area (Å²) in [6.45, 7) is 5.59. The third-order valence-corrected chi connectivity index (χ3v) is 3.80. The highest BCUT2D eigenvalue weighted by Gasteiger charge is 2.29. The van der Waals surface area contributed by atoms with Gasteiger partial charge >= 0.3 is 5.97 Å². The van der Waals surface area contributed by atoms with Crippen molar-refractivity contribution in [3.05, 3.63) is 23.8 Å². The molecule has 1 aliphatic heterocycles. The molecule has 1 saturated heterocycles. The first-order valence-electron chi connectivity index (χ1n) is 7.26. The summed E-state index contributed by atoms with van der Waals surface area (Å²) in [5.74, 6) is -0.767. The molecule has 1 fully saturated rings. The van der Waals surface area contributed by atoms with Gasteiger partial charge in [-0.1, -0.05) is 0 Å². The number of ether oxygens (including phenoxy) is 1. The molecule has 0 N–H and O–H groups in total. The fourth-order valence-corrected chi connectivity index (χ4v) is 2.69. The van der Waals surface area contributed by atoms with Crippen LogP contribution in [0, 0.1) is 6.92 Å². The summed E-state index contributed by atoms with van der Waals surface area (Å²) in [7, 11) is 0. The van der Waals surface area contributed by atoms with E-state index < -0.39 is 5.97 Å². The Morgan fingerprint density at radius 1 is 1.24 bits per heavy atom. The van der Waals surface area contributed by atoms with Crippen molar-refractivity contribution in [2.24, 2.45) is 0 Å². The second-order valence-corrected chi connectivity index (χ2v) is 5.55. The zero-order valence-corrected chi connectivity index (χ0v) is 12.7. The van der Waals surface area contributed by atoms with Crippen molar-refractivity contribution in [1.82, 2.24) is 14.9 Å². The molecular formula is C15H21N3O3. The number of nitrogens with zero attached hydrogens (tertiary/aromatic N) is 3. The summed E-state index contributed by atoms with van der Waals surface area (Å²) >= 11 is 0. The van der Waals surface area contributed by atoms with Gasteiger partial charge in [-0.2, -0.15) is 0 Å². The van der Waals surface area contributed by atoms with Crippen molar-refractivity contribution in [2.75, 3.05) is 6.61 Å². The number of piperidine rings is 1. The third kappa shape index (κ3) is 3.77.